The average Bonchev–Trinajstić information content (AvgIpc) is 2.86. The first-order valence-corrected chi connectivity index (χ1v) is 6.89. The van der Waals surface area contributed by atoms with Gasteiger partial charge in [-0.05, 0) is 23.8 Å². The molecule has 0 aliphatic carbocycles. The van der Waals surface area contributed by atoms with Gasteiger partial charge in [0.2, 0.25) is 5.91 Å². The molecule has 1 heterocycles. The number of hydrogen-bond donors (Lipinski definition) is 1. The molecule has 1 aliphatic heterocycles. The molecule has 0 saturated carbocycles. The summed E-state index contributed by atoms with van der Waals surface area (Å²) in [7, 11) is 1.26. The van der Waals surface area contributed by atoms with E-state index in [1.807, 2.05) is 6.07 Å². The Labute approximate surface area is 127 Å². The summed E-state index contributed by atoms with van der Waals surface area (Å²) in [5, 5.41) is 10.2. The van der Waals surface area contributed by atoms with Crippen molar-refractivity contribution in [3.8, 4) is 0 Å². The van der Waals surface area contributed by atoms with Gasteiger partial charge in [0.1, 0.15) is 6.04 Å². The van der Waals surface area contributed by atoms with Gasteiger partial charge in [-0.1, -0.05) is 23.7 Å². The maximum absolute atomic E-state index is 12.2. The van der Waals surface area contributed by atoms with Crippen LogP contribution in [0.15, 0.2) is 30.3 Å². The summed E-state index contributed by atoms with van der Waals surface area (Å²) in [6.07, 6.45) is 2.47. The predicted octanol–water partition coefficient (Wildman–Crippen LogP) is 1.49. The van der Waals surface area contributed by atoms with Gasteiger partial charge in [-0.25, -0.2) is 4.79 Å². The van der Waals surface area contributed by atoms with Crippen LogP contribution in [-0.2, 0) is 14.3 Å². The third kappa shape index (κ3) is 3.83. The highest BCUT2D eigenvalue weighted by Gasteiger charge is 2.38. The number of esters is 1. The van der Waals surface area contributed by atoms with Crippen molar-refractivity contribution in [1.29, 1.82) is 0 Å². The summed E-state index contributed by atoms with van der Waals surface area (Å²) in [6.45, 7) is 0.123. The number of hydrogen-bond acceptors (Lipinski definition) is 4. The van der Waals surface area contributed by atoms with Crippen molar-refractivity contribution in [2.24, 2.45) is 0 Å². The Kier molecular flexibility index (Phi) is 4.98. The molecule has 0 aromatic heterocycles. The second-order valence-electron chi connectivity index (χ2n) is 4.81. The number of rotatable bonds is 3. The smallest absolute Gasteiger partial charge is 0.328 e. The van der Waals surface area contributed by atoms with Crippen molar-refractivity contribution in [2.45, 2.75) is 18.6 Å². The Bertz CT molecular complexity index is 573. The highest BCUT2D eigenvalue weighted by molar-refractivity contribution is 6.30. The van der Waals surface area contributed by atoms with Crippen LogP contribution in [0.3, 0.4) is 0 Å². The predicted molar refractivity (Wildman–Crippen MR) is 78.6 cm³/mol. The number of aliphatic hydroxyl groups excluding tert-OH is 1. The second kappa shape index (κ2) is 6.74. The second-order valence-corrected chi connectivity index (χ2v) is 5.24. The number of likely N-dealkylation sites (tertiary alicyclic amines) is 1. The Morgan fingerprint density at radius 3 is 2.90 bits per heavy atom. The lowest BCUT2D eigenvalue weighted by Crippen LogP contribution is -2.40. The molecule has 112 valence electrons. The van der Waals surface area contributed by atoms with Crippen LogP contribution >= 0.6 is 11.6 Å². The van der Waals surface area contributed by atoms with Gasteiger partial charge in [-0.15, -0.1) is 0 Å². The third-order valence-corrected chi connectivity index (χ3v) is 3.54. The lowest BCUT2D eigenvalue weighted by Gasteiger charge is -2.20. The molecule has 5 nitrogen and oxygen atoms in total. The maximum atomic E-state index is 12.2. The number of β-amino-alcohol motifs (C(OH)–C–C–N with tert-alkyl or cyclic N) is 1. The zero-order valence-corrected chi connectivity index (χ0v) is 12.3. The zero-order chi connectivity index (χ0) is 15.4. The largest absolute Gasteiger partial charge is 0.467 e. The Hall–Kier alpha value is -1.85. The van der Waals surface area contributed by atoms with Gasteiger partial charge in [-0.3, -0.25) is 4.79 Å². The topological polar surface area (TPSA) is 66.8 Å². The Morgan fingerprint density at radius 1 is 1.48 bits per heavy atom. The molecule has 0 radical (unpaired) electrons. The lowest BCUT2D eigenvalue weighted by molar-refractivity contribution is -0.149. The molecule has 1 amide bonds. The molecule has 1 saturated heterocycles. The van der Waals surface area contributed by atoms with E-state index in [2.05, 4.69) is 4.74 Å². The molecular weight excluding hydrogens is 294 g/mol. The van der Waals surface area contributed by atoms with Crippen molar-refractivity contribution in [1.82, 2.24) is 4.90 Å². The minimum Gasteiger partial charge on any atom is -0.467 e. The van der Waals surface area contributed by atoms with Crippen molar-refractivity contribution in [3.05, 3.63) is 40.9 Å². The van der Waals surface area contributed by atoms with E-state index in [1.54, 1.807) is 24.3 Å². The van der Waals surface area contributed by atoms with Crippen LogP contribution in [0.25, 0.3) is 6.08 Å². The summed E-state index contributed by atoms with van der Waals surface area (Å²) in [5.74, 6) is -0.863. The fraction of sp³-hybridized carbons (Fsp3) is 0.333. The van der Waals surface area contributed by atoms with E-state index >= 15 is 0 Å². The molecule has 6 heteroatoms. The molecule has 1 N–H and O–H groups in total. The van der Waals surface area contributed by atoms with E-state index in [9.17, 15) is 14.7 Å². The first-order valence-electron chi connectivity index (χ1n) is 6.51. The summed E-state index contributed by atoms with van der Waals surface area (Å²) in [4.78, 5) is 25.1. The number of aliphatic hydroxyl groups is 1. The van der Waals surface area contributed by atoms with Gasteiger partial charge < -0.3 is 14.7 Å². The van der Waals surface area contributed by atoms with Gasteiger partial charge in [-0.2, -0.15) is 0 Å². The van der Waals surface area contributed by atoms with Gasteiger partial charge in [0.25, 0.3) is 0 Å². The number of halogens is 1. The van der Waals surface area contributed by atoms with Gasteiger partial charge in [0, 0.05) is 24.1 Å². The van der Waals surface area contributed by atoms with Crippen LogP contribution in [0.5, 0.6) is 0 Å². The Morgan fingerprint density at radius 2 is 2.24 bits per heavy atom. The molecule has 0 bridgehead atoms. The van der Waals surface area contributed by atoms with E-state index in [0.29, 0.717) is 5.02 Å². The number of nitrogens with zero attached hydrogens (tertiary/aromatic N) is 1. The van der Waals surface area contributed by atoms with E-state index < -0.39 is 18.1 Å². The van der Waals surface area contributed by atoms with Crippen molar-refractivity contribution >= 4 is 29.6 Å². The first kappa shape index (κ1) is 15.5. The van der Waals surface area contributed by atoms with Crippen molar-refractivity contribution in [2.75, 3.05) is 13.7 Å². The summed E-state index contributed by atoms with van der Waals surface area (Å²) in [6, 6.07) is 6.32. The monoisotopic (exact) mass is 309 g/mol. The molecule has 21 heavy (non-hydrogen) atoms. The van der Waals surface area contributed by atoms with Gasteiger partial charge in [0.05, 0.1) is 13.2 Å². The number of benzene rings is 1. The fourth-order valence-corrected chi connectivity index (χ4v) is 2.49. The van der Waals surface area contributed by atoms with Crippen LogP contribution in [0.2, 0.25) is 5.02 Å². The molecule has 2 rings (SSSR count). The highest BCUT2D eigenvalue weighted by atomic mass is 35.5. The van der Waals surface area contributed by atoms with Crippen LogP contribution in [-0.4, -0.2) is 47.7 Å². The SMILES string of the molecule is COC(=O)C1CC(O)CN1C(=O)/C=C/c1cccc(Cl)c1. The van der Waals surface area contributed by atoms with E-state index in [1.165, 1.54) is 18.1 Å². The van der Waals surface area contributed by atoms with Crippen LogP contribution in [0.4, 0.5) is 0 Å². The van der Waals surface area contributed by atoms with E-state index in [4.69, 9.17) is 11.6 Å². The minimum absolute atomic E-state index is 0.123. The standard InChI is InChI=1S/C15H16ClNO4/c1-21-15(20)13-8-12(18)9-17(13)14(19)6-5-10-3-2-4-11(16)7-10/h2-7,12-13,18H,8-9H2,1H3/b6-5+. The number of carbonyl (C=O) groups is 2. The molecule has 2 unspecified atom stereocenters. The van der Waals surface area contributed by atoms with E-state index in [-0.39, 0.29) is 18.9 Å². The van der Waals surface area contributed by atoms with Crippen molar-refractivity contribution in [3.63, 3.8) is 0 Å². The quantitative estimate of drug-likeness (QED) is 0.678. The van der Waals surface area contributed by atoms with E-state index in [0.717, 1.165) is 5.56 Å². The van der Waals surface area contributed by atoms with Crippen LogP contribution < -0.4 is 0 Å². The van der Waals surface area contributed by atoms with Gasteiger partial charge >= 0.3 is 5.97 Å². The number of methoxy groups -OCH3 is 1. The van der Waals surface area contributed by atoms with Crippen LogP contribution in [0, 0.1) is 0 Å². The van der Waals surface area contributed by atoms with Crippen LogP contribution in [0.1, 0.15) is 12.0 Å². The maximum Gasteiger partial charge on any atom is 0.328 e. The molecule has 1 aliphatic rings. The summed E-state index contributed by atoms with van der Waals surface area (Å²) < 4.78 is 4.66. The zero-order valence-electron chi connectivity index (χ0n) is 11.5. The van der Waals surface area contributed by atoms with Crippen molar-refractivity contribution < 1.29 is 19.4 Å². The minimum atomic E-state index is -0.735. The molecule has 1 aromatic carbocycles. The fourth-order valence-electron chi connectivity index (χ4n) is 2.29. The average molecular weight is 310 g/mol. The molecule has 2 atom stereocenters. The summed E-state index contributed by atoms with van der Waals surface area (Å²) >= 11 is 5.87. The molecule has 0 spiro atoms. The molecule has 1 aromatic rings. The highest BCUT2D eigenvalue weighted by Crippen LogP contribution is 2.20. The first-order chi connectivity index (χ1) is 10.0. The number of carbonyl (C=O) groups excluding carboxylic acids is 2. The summed E-state index contributed by atoms with van der Waals surface area (Å²) in [5.41, 5.74) is 0.783. The lowest BCUT2D eigenvalue weighted by atomic mass is 10.2. The molecular formula is C15H16ClNO4. The normalized spacial score (nSPS) is 21.8. The number of amides is 1. The van der Waals surface area contributed by atoms with Gasteiger partial charge in [0.15, 0.2) is 0 Å². The number of ether oxygens (including phenoxy) is 1. The molecule has 1 fully saturated rings. The Balaban J connectivity index is 2.10. The third-order valence-electron chi connectivity index (χ3n) is 3.30.